The number of methoxy groups -OCH3 is 1. The Labute approximate surface area is 105 Å². The van der Waals surface area contributed by atoms with E-state index in [2.05, 4.69) is 0 Å². The van der Waals surface area contributed by atoms with Gasteiger partial charge in [-0.05, 0) is 24.3 Å². The van der Waals surface area contributed by atoms with Gasteiger partial charge in [0.1, 0.15) is 11.5 Å². The number of aromatic nitrogens is 1. The highest BCUT2D eigenvalue weighted by Gasteiger charge is 2.24. The Balaban J connectivity index is 3.20. The summed E-state index contributed by atoms with van der Waals surface area (Å²) in [6, 6.07) is 3.22. The first kappa shape index (κ1) is 13.8. The summed E-state index contributed by atoms with van der Waals surface area (Å²) in [5.74, 6) is -0.230. The van der Waals surface area contributed by atoms with Crippen molar-refractivity contribution in [2.45, 2.75) is 24.8 Å². The average molecular weight is 254 g/mol. The average Bonchev–Trinajstić information content (AvgIpc) is 2.30. The first-order valence-electron chi connectivity index (χ1n) is 5.39. The summed E-state index contributed by atoms with van der Waals surface area (Å²) in [5.41, 5.74) is 0.320. The Morgan fingerprint density at radius 1 is 1.53 bits per heavy atom. The molecular weight excluding hydrogens is 236 g/mol. The minimum atomic E-state index is -0.441. The van der Waals surface area contributed by atoms with Crippen molar-refractivity contribution in [3.8, 4) is 0 Å². The standard InChI is InChI=1S/C12H18N2O2S/c1-8(2)11(12(15)16-3)14-6-5-9(17-4)7-10(14)13/h5-8,11,13H,1-4H3. The van der Waals surface area contributed by atoms with Crippen LogP contribution in [0.3, 0.4) is 0 Å². The van der Waals surface area contributed by atoms with Gasteiger partial charge >= 0.3 is 5.97 Å². The maximum Gasteiger partial charge on any atom is 0.329 e. The molecule has 0 fully saturated rings. The van der Waals surface area contributed by atoms with Crippen LogP contribution in [0, 0.1) is 11.3 Å². The number of thioether (sulfide) groups is 1. The predicted molar refractivity (Wildman–Crippen MR) is 68.0 cm³/mol. The number of ether oxygens (including phenoxy) is 1. The number of rotatable bonds is 4. The fourth-order valence-corrected chi connectivity index (χ4v) is 2.12. The van der Waals surface area contributed by atoms with E-state index < -0.39 is 6.04 Å². The maximum absolute atomic E-state index is 11.7. The van der Waals surface area contributed by atoms with E-state index in [0.29, 0.717) is 5.49 Å². The SMILES string of the molecule is COC(=O)C(C(C)C)n1ccc(SC)cc1=N. The second-order valence-corrected chi connectivity index (χ2v) is 4.95. The van der Waals surface area contributed by atoms with Gasteiger partial charge < -0.3 is 9.30 Å². The van der Waals surface area contributed by atoms with Crippen LogP contribution in [0.15, 0.2) is 23.2 Å². The van der Waals surface area contributed by atoms with Gasteiger partial charge in [0.25, 0.3) is 0 Å². The van der Waals surface area contributed by atoms with Crippen LogP contribution in [0.1, 0.15) is 19.9 Å². The smallest absolute Gasteiger partial charge is 0.329 e. The van der Waals surface area contributed by atoms with Crippen LogP contribution in [-0.4, -0.2) is 23.9 Å². The van der Waals surface area contributed by atoms with Gasteiger partial charge in [-0.2, -0.15) is 0 Å². The van der Waals surface area contributed by atoms with Crippen molar-refractivity contribution < 1.29 is 9.53 Å². The molecule has 0 aliphatic heterocycles. The third-order valence-electron chi connectivity index (χ3n) is 2.57. The maximum atomic E-state index is 11.7. The zero-order valence-electron chi connectivity index (χ0n) is 10.6. The third kappa shape index (κ3) is 3.12. The van der Waals surface area contributed by atoms with E-state index in [0.717, 1.165) is 4.90 Å². The van der Waals surface area contributed by atoms with E-state index >= 15 is 0 Å². The molecule has 0 saturated heterocycles. The monoisotopic (exact) mass is 254 g/mol. The normalized spacial score (nSPS) is 12.5. The lowest BCUT2D eigenvalue weighted by molar-refractivity contribution is -0.146. The Bertz CT molecular complexity index is 454. The van der Waals surface area contributed by atoms with Gasteiger partial charge in [0.05, 0.1) is 7.11 Å². The summed E-state index contributed by atoms with van der Waals surface area (Å²) in [6.07, 6.45) is 3.73. The molecule has 1 aromatic rings. The van der Waals surface area contributed by atoms with Crippen molar-refractivity contribution in [1.82, 2.24) is 4.57 Å². The third-order valence-corrected chi connectivity index (χ3v) is 3.29. The summed E-state index contributed by atoms with van der Waals surface area (Å²) in [6.45, 7) is 3.88. The molecule has 1 unspecified atom stereocenters. The van der Waals surface area contributed by atoms with Gasteiger partial charge in [0.2, 0.25) is 0 Å². The van der Waals surface area contributed by atoms with Crippen molar-refractivity contribution in [2.24, 2.45) is 5.92 Å². The lowest BCUT2D eigenvalue weighted by Crippen LogP contribution is -2.33. The molecule has 5 heteroatoms. The van der Waals surface area contributed by atoms with Crippen LogP contribution in [-0.2, 0) is 9.53 Å². The van der Waals surface area contributed by atoms with Gasteiger partial charge in [-0.1, -0.05) is 13.8 Å². The number of esters is 1. The van der Waals surface area contributed by atoms with Crippen molar-refractivity contribution in [1.29, 1.82) is 5.41 Å². The highest BCUT2D eigenvalue weighted by molar-refractivity contribution is 7.98. The van der Waals surface area contributed by atoms with E-state index in [4.69, 9.17) is 10.1 Å². The van der Waals surface area contributed by atoms with Crippen molar-refractivity contribution in [3.63, 3.8) is 0 Å². The Morgan fingerprint density at radius 2 is 2.18 bits per heavy atom. The van der Waals surface area contributed by atoms with E-state index in [-0.39, 0.29) is 11.9 Å². The molecule has 0 bridgehead atoms. The molecule has 0 saturated carbocycles. The van der Waals surface area contributed by atoms with Gasteiger partial charge in [0, 0.05) is 11.1 Å². The summed E-state index contributed by atoms with van der Waals surface area (Å²) < 4.78 is 6.44. The number of hydrogen-bond acceptors (Lipinski definition) is 4. The molecule has 1 N–H and O–H groups in total. The zero-order chi connectivity index (χ0) is 13.0. The first-order chi connectivity index (χ1) is 8.01. The number of nitrogens with zero attached hydrogens (tertiary/aromatic N) is 1. The topological polar surface area (TPSA) is 55.1 Å². The number of nitrogens with one attached hydrogen (secondary N) is 1. The van der Waals surface area contributed by atoms with Crippen molar-refractivity contribution >= 4 is 17.7 Å². The lowest BCUT2D eigenvalue weighted by Gasteiger charge is -2.21. The van der Waals surface area contributed by atoms with Crippen molar-refractivity contribution in [2.75, 3.05) is 13.4 Å². The second kappa shape index (κ2) is 5.91. The van der Waals surface area contributed by atoms with Crippen LogP contribution < -0.4 is 5.49 Å². The second-order valence-electron chi connectivity index (χ2n) is 4.07. The number of carbonyl (C=O) groups is 1. The summed E-state index contributed by atoms with van der Waals surface area (Å²) in [5, 5.41) is 7.95. The molecule has 0 spiro atoms. The molecule has 1 atom stereocenters. The summed E-state index contributed by atoms with van der Waals surface area (Å²) in [4.78, 5) is 12.7. The number of pyridine rings is 1. The van der Waals surface area contributed by atoms with E-state index in [1.54, 1.807) is 28.6 Å². The zero-order valence-corrected chi connectivity index (χ0v) is 11.4. The fourth-order valence-electron chi connectivity index (χ4n) is 1.69. The quantitative estimate of drug-likeness (QED) is 0.661. The Kier molecular flexibility index (Phi) is 4.81. The highest BCUT2D eigenvalue weighted by Crippen LogP contribution is 2.19. The van der Waals surface area contributed by atoms with E-state index in [9.17, 15) is 4.79 Å². The van der Waals surface area contributed by atoms with Crippen LogP contribution >= 0.6 is 11.8 Å². The molecule has 0 aliphatic carbocycles. The van der Waals surface area contributed by atoms with Crippen molar-refractivity contribution in [3.05, 3.63) is 23.8 Å². The molecule has 0 aromatic carbocycles. The minimum absolute atomic E-state index is 0.0803. The minimum Gasteiger partial charge on any atom is -0.467 e. The highest BCUT2D eigenvalue weighted by atomic mass is 32.2. The van der Waals surface area contributed by atoms with Gasteiger partial charge in [-0.25, -0.2) is 4.79 Å². The van der Waals surface area contributed by atoms with Crippen LogP contribution in [0.5, 0.6) is 0 Å². The summed E-state index contributed by atoms with van der Waals surface area (Å²) in [7, 11) is 1.37. The molecule has 94 valence electrons. The van der Waals surface area contributed by atoms with Gasteiger partial charge in [0.15, 0.2) is 0 Å². The first-order valence-corrected chi connectivity index (χ1v) is 6.62. The molecule has 1 heterocycles. The molecule has 1 rings (SSSR count). The Morgan fingerprint density at radius 3 is 2.59 bits per heavy atom. The Hall–Kier alpha value is -1.23. The number of hydrogen-bond donors (Lipinski definition) is 1. The van der Waals surface area contributed by atoms with Gasteiger partial charge in [-0.15, -0.1) is 11.8 Å². The van der Waals surface area contributed by atoms with Crippen LogP contribution in [0.4, 0.5) is 0 Å². The largest absolute Gasteiger partial charge is 0.467 e. The molecular formula is C12H18N2O2S. The molecule has 0 radical (unpaired) electrons. The molecule has 4 nitrogen and oxygen atoms in total. The van der Waals surface area contributed by atoms with Crippen LogP contribution in [0.2, 0.25) is 0 Å². The lowest BCUT2D eigenvalue weighted by atomic mass is 10.0. The van der Waals surface area contributed by atoms with E-state index in [1.807, 2.05) is 26.2 Å². The molecule has 1 aromatic heterocycles. The molecule has 0 aliphatic rings. The molecule has 17 heavy (non-hydrogen) atoms. The summed E-state index contributed by atoms with van der Waals surface area (Å²) >= 11 is 1.58. The fraction of sp³-hybridized carbons (Fsp3) is 0.500. The molecule has 0 amide bonds. The van der Waals surface area contributed by atoms with E-state index in [1.165, 1.54) is 7.11 Å². The van der Waals surface area contributed by atoms with Crippen LogP contribution in [0.25, 0.3) is 0 Å². The van der Waals surface area contributed by atoms with Gasteiger partial charge in [-0.3, -0.25) is 5.41 Å². The number of carbonyl (C=O) groups excluding carboxylic acids is 1. The predicted octanol–water partition coefficient (Wildman–Crippen LogP) is 2.06.